The van der Waals surface area contributed by atoms with E-state index in [0.29, 0.717) is 5.69 Å². The molecule has 2 aromatic rings. The Labute approximate surface area is 153 Å². The zero-order chi connectivity index (χ0) is 19.3. The summed E-state index contributed by atoms with van der Waals surface area (Å²) >= 11 is 0. The van der Waals surface area contributed by atoms with Crippen LogP contribution in [0.4, 0.5) is 26.2 Å². The lowest BCUT2D eigenvalue weighted by atomic mass is 10.1. The number of urea groups is 1. The molecule has 2 aliphatic rings. The molecule has 0 bridgehead atoms. The van der Waals surface area contributed by atoms with E-state index in [-0.39, 0.29) is 22.9 Å². The molecule has 10 heteroatoms. The molecule has 2 saturated heterocycles. The summed E-state index contributed by atoms with van der Waals surface area (Å²) in [5, 5.41) is 11.1. The van der Waals surface area contributed by atoms with Crippen LogP contribution >= 0.6 is 0 Å². The number of hydrogen-bond donors (Lipinski definition) is 0. The van der Waals surface area contributed by atoms with Crippen LogP contribution < -0.4 is 9.80 Å². The van der Waals surface area contributed by atoms with E-state index >= 15 is 0 Å². The molecule has 0 aliphatic carbocycles. The summed E-state index contributed by atoms with van der Waals surface area (Å²) in [7, 11) is -3.39. The van der Waals surface area contributed by atoms with E-state index in [1.165, 1.54) is 58.3 Å². The minimum Gasteiger partial charge on any atom is -0.288 e. The van der Waals surface area contributed by atoms with Gasteiger partial charge in [0, 0.05) is 17.8 Å². The van der Waals surface area contributed by atoms with Crippen molar-refractivity contribution in [3.63, 3.8) is 0 Å². The fraction of sp³-hybridized carbons (Fsp3) is 0.235. The highest BCUT2D eigenvalue weighted by molar-refractivity contribution is 7.91. The molecule has 0 unspecified atom stereocenters. The smallest absolute Gasteiger partial charge is 0.288 e. The molecule has 8 nitrogen and oxygen atoms in total. The summed E-state index contributed by atoms with van der Waals surface area (Å²) < 4.78 is 37.7. The fourth-order valence-corrected chi connectivity index (χ4v) is 5.58. The van der Waals surface area contributed by atoms with Gasteiger partial charge in [-0.05, 0) is 30.3 Å². The van der Waals surface area contributed by atoms with Crippen molar-refractivity contribution in [1.82, 2.24) is 0 Å². The van der Waals surface area contributed by atoms with Crippen molar-refractivity contribution in [2.75, 3.05) is 21.3 Å². The number of sulfone groups is 1. The maximum atomic E-state index is 13.3. The second-order valence-electron chi connectivity index (χ2n) is 6.49. The number of amides is 2. The van der Waals surface area contributed by atoms with Gasteiger partial charge >= 0.3 is 6.03 Å². The first-order valence-electron chi connectivity index (χ1n) is 8.10. The molecule has 0 saturated carbocycles. The van der Waals surface area contributed by atoms with Crippen molar-refractivity contribution in [2.45, 2.75) is 12.1 Å². The lowest BCUT2D eigenvalue weighted by molar-refractivity contribution is -0.384. The van der Waals surface area contributed by atoms with Gasteiger partial charge in [0.25, 0.3) is 5.69 Å². The maximum Gasteiger partial charge on any atom is 0.329 e. The number of benzene rings is 2. The number of fused-ring (bicyclic) bond motifs is 1. The van der Waals surface area contributed by atoms with Crippen LogP contribution in [0, 0.1) is 15.9 Å². The van der Waals surface area contributed by atoms with Gasteiger partial charge in [0.15, 0.2) is 9.84 Å². The van der Waals surface area contributed by atoms with E-state index in [9.17, 15) is 27.7 Å². The van der Waals surface area contributed by atoms with Gasteiger partial charge in [0.1, 0.15) is 5.82 Å². The highest BCUT2D eigenvalue weighted by atomic mass is 32.2. The normalized spacial score (nSPS) is 23.5. The third-order valence-corrected chi connectivity index (χ3v) is 6.49. The molecule has 0 aromatic heterocycles. The minimum atomic E-state index is -3.39. The van der Waals surface area contributed by atoms with E-state index in [1.807, 2.05) is 0 Å². The first-order valence-corrected chi connectivity index (χ1v) is 9.92. The van der Waals surface area contributed by atoms with Crippen molar-refractivity contribution in [2.24, 2.45) is 0 Å². The van der Waals surface area contributed by atoms with Crippen molar-refractivity contribution >= 4 is 32.9 Å². The molecule has 2 aromatic carbocycles. The first-order chi connectivity index (χ1) is 12.8. The lowest BCUT2D eigenvalue weighted by Crippen LogP contribution is -2.37. The highest BCUT2D eigenvalue weighted by Crippen LogP contribution is 2.38. The Balaban J connectivity index is 1.80. The Morgan fingerprint density at radius 2 is 1.59 bits per heavy atom. The Bertz CT molecular complexity index is 1040. The van der Waals surface area contributed by atoms with Gasteiger partial charge in [-0.3, -0.25) is 19.9 Å². The molecule has 2 heterocycles. The number of non-ortho nitro benzene ring substituents is 1. The number of halogens is 1. The van der Waals surface area contributed by atoms with Crippen LogP contribution in [0.1, 0.15) is 0 Å². The number of nitrogens with zero attached hydrogens (tertiary/aromatic N) is 3. The molecule has 0 N–H and O–H groups in total. The maximum absolute atomic E-state index is 13.3. The molecule has 2 aliphatic heterocycles. The second-order valence-corrected chi connectivity index (χ2v) is 8.64. The van der Waals surface area contributed by atoms with Crippen LogP contribution in [0.3, 0.4) is 0 Å². The summed E-state index contributed by atoms with van der Waals surface area (Å²) in [6.07, 6.45) is 0. The number of hydrogen-bond acceptors (Lipinski definition) is 5. The Kier molecular flexibility index (Phi) is 3.88. The summed E-state index contributed by atoms with van der Waals surface area (Å²) in [5.41, 5.74) is 0.435. The van der Waals surface area contributed by atoms with Gasteiger partial charge < -0.3 is 0 Å². The topological polar surface area (TPSA) is 101 Å². The summed E-state index contributed by atoms with van der Waals surface area (Å²) in [4.78, 5) is 26.2. The standard InChI is InChI=1S/C17H14FN3O5S/c18-11-4-6-12(7-5-11)19-15-9-27(25,26)10-16(15)20(17(19)22)13-2-1-3-14(8-13)21(23)24/h1-8,15-16H,9-10H2/t15-,16+/m1/s1. The summed E-state index contributed by atoms with van der Waals surface area (Å²) in [6, 6.07) is 8.90. The number of nitro groups is 1. The molecule has 27 heavy (non-hydrogen) atoms. The average molecular weight is 391 g/mol. The van der Waals surface area contributed by atoms with E-state index in [0.717, 1.165) is 0 Å². The van der Waals surface area contributed by atoms with Gasteiger partial charge in [-0.25, -0.2) is 17.6 Å². The molecule has 0 radical (unpaired) electrons. The second kappa shape index (κ2) is 6.02. The van der Waals surface area contributed by atoms with Crippen molar-refractivity contribution < 1.29 is 22.5 Å². The molecule has 140 valence electrons. The van der Waals surface area contributed by atoms with Crippen LogP contribution in [0.5, 0.6) is 0 Å². The molecule has 2 amide bonds. The summed E-state index contributed by atoms with van der Waals surface area (Å²) in [5.74, 6) is -0.924. The zero-order valence-corrected chi connectivity index (χ0v) is 14.7. The predicted octanol–water partition coefficient (Wildman–Crippen LogP) is 2.35. The van der Waals surface area contributed by atoms with E-state index in [4.69, 9.17) is 0 Å². The lowest BCUT2D eigenvalue weighted by Gasteiger charge is -2.22. The Morgan fingerprint density at radius 3 is 2.19 bits per heavy atom. The van der Waals surface area contributed by atoms with E-state index in [2.05, 4.69) is 0 Å². The molecule has 0 spiro atoms. The SMILES string of the molecule is O=C1N(c2ccc(F)cc2)[C@@H]2CS(=O)(=O)C[C@@H]2N1c1cccc([N+](=O)[O-])c1. The minimum absolute atomic E-state index is 0.196. The molecule has 2 fully saturated rings. The van der Waals surface area contributed by atoms with E-state index in [1.54, 1.807) is 0 Å². The van der Waals surface area contributed by atoms with Crippen molar-refractivity contribution in [3.05, 3.63) is 64.5 Å². The number of carbonyl (C=O) groups is 1. The van der Waals surface area contributed by atoms with Gasteiger partial charge in [0.2, 0.25) is 0 Å². The monoisotopic (exact) mass is 391 g/mol. The summed E-state index contributed by atoms with van der Waals surface area (Å²) in [6.45, 7) is 0. The highest BCUT2D eigenvalue weighted by Gasteiger charge is 2.54. The predicted molar refractivity (Wildman–Crippen MR) is 96.1 cm³/mol. The average Bonchev–Trinajstić information content (AvgIpc) is 3.04. The molecular weight excluding hydrogens is 377 g/mol. The molecule has 4 rings (SSSR count). The van der Waals surface area contributed by atoms with Gasteiger partial charge in [-0.1, -0.05) is 6.07 Å². The third kappa shape index (κ3) is 2.91. The number of anilines is 2. The van der Waals surface area contributed by atoms with Crippen LogP contribution in [0.25, 0.3) is 0 Å². The van der Waals surface area contributed by atoms with Gasteiger partial charge in [-0.15, -0.1) is 0 Å². The quantitative estimate of drug-likeness (QED) is 0.454. The van der Waals surface area contributed by atoms with Crippen molar-refractivity contribution in [3.8, 4) is 0 Å². The van der Waals surface area contributed by atoms with E-state index < -0.39 is 38.7 Å². The number of nitro benzene ring substituents is 1. The van der Waals surface area contributed by atoms with Crippen LogP contribution in [0.15, 0.2) is 48.5 Å². The van der Waals surface area contributed by atoms with Gasteiger partial charge in [0.05, 0.1) is 34.2 Å². The van der Waals surface area contributed by atoms with Gasteiger partial charge in [-0.2, -0.15) is 0 Å². The fourth-order valence-electron chi connectivity index (χ4n) is 3.67. The third-order valence-electron chi connectivity index (χ3n) is 4.79. The number of carbonyl (C=O) groups excluding carboxylic acids is 1. The van der Waals surface area contributed by atoms with Crippen molar-refractivity contribution in [1.29, 1.82) is 0 Å². The Hall–Kier alpha value is -3.01. The first kappa shape index (κ1) is 17.4. The number of rotatable bonds is 3. The zero-order valence-electron chi connectivity index (χ0n) is 13.9. The molecular formula is C17H14FN3O5S. The van der Waals surface area contributed by atoms with Crippen LogP contribution in [0.2, 0.25) is 0 Å². The van der Waals surface area contributed by atoms with Crippen LogP contribution in [-0.2, 0) is 9.84 Å². The van der Waals surface area contributed by atoms with Crippen LogP contribution in [-0.4, -0.2) is 43.0 Å². The Morgan fingerprint density at radius 1 is 1.00 bits per heavy atom. The molecule has 2 atom stereocenters. The largest absolute Gasteiger partial charge is 0.329 e.